The molecule has 1 aromatic carbocycles. The van der Waals surface area contributed by atoms with Crippen molar-refractivity contribution in [3.05, 3.63) is 35.9 Å². The van der Waals surface area contributed by atoms with Crippen molar-refractivity contribution in [2.75, 3.05) is 32.8 Å². The van der Waals surface area contributed by atoms with Crippen LogP contribution in [0.4, 0.5) is 0 Å². The number of rotatable bonds is 5. The first-order valence-electron chi connectivity index (χ1n) is 8.93. The first-order valence-corrected chi connectivity index (χ1v) is 8.93. The van der Waals surface area contributed by atoms with Crippen LogP contribution in [0.15, 0.2) is 30.3 Å². The van der Waals surface area contributed by atoms with E-state index in [4.69, 9.17) is 9.47 Å². The summed E-state index contributed by atoms with van der Waals surface area (Å²) in [6, 6.07) is 10.2. The first-order chi connectivity index (χ1) is 11.6. The maximum atomic E-state index is 12.5. The molecule has 24 heavy (non-hydrogen) atoms. The summed E-state index contributed by atoms with van der Waals surface area (Å²) in [4.78, 5) is 14.7. The normalized spacial score (nSPS) is 22.0. The predicted molar refractivity (Wildman–Crippen MR) is 92.5 cm³/mol. The van der Waals surface area contributed by atoms with Crippen LogP contribution in [0, 0.1) is 5.92 Å². The third-order valence-electron chi connectivity index (χ3n) is 4.94. The number of nitrogens with one attached hydrogen (secondary N) is 1. The van der Waals surface area contributed by atoms with Crippen LogP contribution in [0.1, 0.15) is 38.3 Å². The minimum Gasteiger partial charge on any atom is -0.348 e. The van der Waals surface area contributed by atoms with Gasteiger partial charge in [0.25, 0.3) is 0 Å². The van der Waals surface area contributed by atoms with E-state index in [1.807, 2.05) is 18.2 Å². The third kappa shape index (κ3) is 4.15. The van der Waals surface area contributed by atoms with E-state index < -0.39 is 0 Å². The second kappa shape index (κ2) is 7.64. The Morgan fingerprint density at radius 3 is 2.38 bits per heavy atom. The molecule has 2 saturated heterocycles. The summed E-state index contributed by atoms with van der Waals surface area (Å²) >= 11 is 0. The first kappa shape index (κ1) is 17.4. The zero-order chi connectivity index (χ0) is 17.0. The van der Waals surface area contributed by atoms with Crippen molar-refractivity contribution in [2.24, 2.45) is 5.92 Å². The molecule has 0 aliphatic carbocycles. The molecular weight excluding hydrogens is 304 g/mol. The number of carbonyl (C=O) groups excluding carboxylic acids is 1. The Morgan fingerprint density at radius 2 is 1.79 bits per heavy atom. The van der Waals surface area contributed by atoms with Crippen LogP contribution in [0.2, 0.25) is 0 Å². The van der Waals surface area contributed by atoms with Crippen molar-refractivity contribution in [3.8, 4) is 0 Å². The van der Waals surface area contributed by atoms with E-state index in [2.05, 4.69) is 36.2 Å². The maximum Gasteiger partial charge on any atom is 0.234 e. The van der Waals surface area contributed by atoms with Crippen LogP contribution in [0.5, 0.6) is 0 Å². The van der Waals surface area contributed by atoms with E-state index in [1.54, 1.807) is 0 Å². The highest BCUT2D eigenvalue weighted by Gasteiger charge is 2.40. The maximum absolute atomic E-state index is 12.5. The number of benzene rings is 1. The molecule has 132 valence electrons. The average Bonchev–Trinajstić information content (AvgIpc) is 3.04. The largest absolute Gasteiger partial charge is 0.348 e. The van der Waals surface area contributed by atoms with Crippen LogP contribution in [0.3, 0.4) is 0 Å². The third-order valence-corrected chi connectivity index (χ3v) is 4.94. The molecule has 0 aromatic heterocycles. The lowest BCUT2D eigenvalue weighted by atomic mass is 9.96. The Balaban J connectivity index is 1.51. The summed E-state index contributed by atoms with van der Waals surface area (Å²) in [5.74, 6) is 0.0559. The van der Waals surface area contributed by atoms with Gasteiger partial charge in [-0.1, -0.05) is 44.2 Å². The second-order valence-electron chi connectivity index (χ2n) is 7.08. The molecule has 2 fully saturated rings. The van der Waals surface area contributed by atoms with Gasteiger partial charge in [-0.2, -0.15) is 0 Å². The average molecular weight is 332 g/mol. The van der Waals surface area contributed by atoms with Crippen molar-refractivity contribution < 1.29 is 14.3 Å². The smallest absolute Gasteiger partial charge is 0.234 e. The van der Waals surface area contributed by atoms with Crippen molar-refractivity contribution >= 4 is 5.91 Å². The van der Waals surface area contributed by atoms with E-state index in [0.29, 0.717) is 25.7 Å². The molecule has 1 amide bonds. The molecule has 5 heteroatoms. The Morgan fingerprint density at radius 1 is 1.17 bits per heavy atom. The van der Waals surface area contributed by atoms with E-state index in [1.165, 1.54) is 0 Å². The minimum atomic E-state index is -0.377. The fourth-order valence-electron chi connectivity index (χ4n) is 3.55. The summed E-state index contributed by atoms with van der Waals surface area (Å²) in [5.41, 5.74) is 1.16. The number of nitrogens with zero attached hydrogens (tertiary/aromatic N) is 1. The van der Waals surface area contributed by atoms with Gasteiger partial charge in [0, 0.05) is 25.9 Å². The van der Waals surface area contributed by atoms with Crippen LogP contribution < -0.4 is 5.32 Å². The zero-order valence-electron chi connectivity index (χ0n) is 14.7. The molecule has 3 rings (SSSR count). The van der Waals surface area contributed by atoms with E-state index in [-0.39, 0.29) is 17.7 Å². The molecule has 1 aromatic rings. The highest BCUT2D eigenvalue weighted by Crippen LogP contribution is 2.31. The van der Waals surface area contributed by atoms with E-state index in [9.17, 15) is 4.79 Å². The van der Waals surface area contributed by atoms with Gasteiger partial charge < -0.3 is 14.8 Å². The van der Waals surface area contributed by atoms with Crippen molar-refractivity contribution in [1.29, 1.82) is 0 Å². The fourth-order valence-corrected chi connectivity index (χ4v) is 3.55. The molecular formula is C19H28N2O3. The molecule has 1 unspecified atom stereocenters. The SMILES string of the molecule is CC(C)C(NC(=O)CN1CCC2(CC1)OCCO2)c1ccccc1. The molecule has 2 aliphatic heterocycles. The van der Waals surface area contributed by atoms with Crippen molar-refractivity contribution in [3.63, 3.8) is 0 Å². The second-order valence-corrected chi connectivity index (χ2v) is 7.08. The van der Waals surface area contributed by atoms with Gasteiger partial charge in [-0.25, -0.2) is 0 Å². The molecule has 5 nitrogen and oxygen atoms in total. The van der Waals surface area contributed by atoms with Gasteiger partial charge in [-0.3, -0.25) is 9.69 Å². The Hall–Kier alpha value is -1.43. The highest BCUT2D eigenvalue weighted by molar-refractivity contribution is 5.78. The molecule has 0 bridgehead atoms. The van der Waals surface area contributed by atoms with E-state index >= 15 is 0 Å². The van der Waals surface area contributed by atoms with Gasteiger partial charge in [-0.05, 0) is 11.5 Å². The number of hydrogen-bond acceptors (Lipinski definition) is 4. The summed E-state index contributed by atoms with van der Waals surface area (Å²) < 4.78 is 11.5. The molecule has 0 saturated carbocycles. The van der Waals surface area contributed by atoms with Crippen LogP contribution >= 0.6 is 0 Å². The van der Waals surface area contributed by atoms with Gasteiger partial charge in [0.15, 0.2) is 5.79 Å². The van der Waals surface area contributed by atoms with Gasteiger partial charge in [0.2, 0.25) is 5.91 Å². The molecule has 2 aliphatic rings. The van der Waals surface area contributed by atoms with Gasteiger partial charge in [0.1, 0.15) is 0 Å². The molecule has 0 radical (unpaired) electrons. The lowest BCUT2D eigenvalue weighted by Gasteiger charge is -2.37. The number of amides is 1. The quantitative estimate of drug-likeness (QED) is 0.899. The van der Waals surface area contributed by atoms with E-state index in [0.717, 1.165) is 31.5 Å². The summed E-state index contributed by atoms with van der Waals surface area (Å²) in [6.45, 7) is 7.76. The number of piperidine rings is 1. The lowest BCUT2D eigenvalue weighted by Crippen LogP contribution is -2.48. The Kier molecular flexibility index (Phi) is 5.54. The highest BCUT2D eigenvalue weighted by atomic mass is 16.7. The number of carbonyl (C=O) groups is 1. The van der Waals surface area contributed by atoms with Gasteiger partial charge in [0.05, 0.1) is 25.8 Å². The van der Waals surface area contributed by atoms with Crippen molar-refractivity contribution in [2.45, 2.75) is 38.5 Å². The summed E-state index contributed by atoms with van der Waals surface area (Å²) in [6.07, 6.45) is 1.68. The van der Waals surface area contributed by atoms with Gasteiger partial charge >= 0.3 is 0 Å². The topological polar surface area (TPSA) is 50.8 Å². The van der Waals surface area contributed by atoms with Crippen LogP contribution in [-0.4, -0.2) is 49.4 Å². The lowest BCUT2D eigenvalue weighted by molar-refractivity contribution is -0.185. The molecule has 1 atom stereocenters. The molecule has 2 heterocycles. The molecule has 1 N–H and O–H groups in total. The standard InChI is InChI=1S/C19H28N2O3/c1-15(2)18(16-6-4-3-5-7-16)20-17(22)14-21-10-8-19(9-11-21)23-12-13-24-19/h3-7,15,18H,8-14H2,1-2H3,(H,20,22). The summed E-state index contributed by atoms with van der Waals surface area (Å²) in [7, 11) is 0. The van der Waals surface area contributed by atoms with Crippen molar-refractivity contribution in [1.82, 2.24) is 10.2 Å². The van der Waals surface area contributed by atoms with Crippen LogP contribution in [0.25, 0.3) is 0 Å². The zero-order valence-corrected chi connectivity index (χ0v) is 14.7. The number of ether oxygens (including phenoxy) is 2. The molecule has 1 spiro atoms. The monoisotopic (exact) mass is 332 g/mol. The Bertz CT molecular complexity index is 531. The summed E-state index contributed by atoms with van der Waals surface area (Å²) in [5, 5.41) is 3.20. The number of hydrogen-bond donors (Lipinski definition) is 1. The fraction of sp³-hybridized carbons (Fsp3) is 0.632. The van der Waals surface area contributed by atoms with Gasteiger partial charge in [-0.15, -0.1) is 0 Å². The predicted octanol–water partition coefficient (Wildman–Crippen LogP) is 2.34. The Labute approximate surface area is 144 Å². The number of likely N-dealkylation sites (tertiary alicyclic amines) is 1. The minimum absolute atomic E-state index is 0.0522. The van der Waals surface area contributed by atoms with Crippen LogP contribution in [-0.2, 0) is 14.3 Å².